The van der Waals surface area contributed by atoms with E-state index in [1.165, 1.54) is 30.4 Å². The van der Waals surface area contributed by atoms with E-state index in [2.05, 4.69) is 4.98 Å². The van der Waals surface area contributed by atoms with Crippen molar-refractivity contribution in [1.82, 2.24) is 14.1 Å². The largest absolute Gasteiger partial charge is 0.497 e. The number of ether oxygens (including phenoxy) is 1. The summed E-state index contributed by atoms with van der Waals surface area (Å²) in [5, 5.41) is 0. The van der Waals surface area contributed by atoms with Crippen LogP contribution in [0, 0.1) is 0 Å². The third kappa shape index (κ3) is 1.71. The lowest BCUT2D eigenvalue weighted by Gasteiger charge is -2.01. The van der Waals surface area contributed by atoms with Crippen LogP contribution in [0.1, 0.15) is 0 Å². The summed E-state index contributed by atoms with van der Waals surface area (Å²) in [6.45, 7) is 0. The summed E-state index contributed by atoms with van der Waals surface area (Å²) >= 11 is 0. The monoisotopic (exact) mass is 259 g/mol. The highest BCUT2D eigenvalue weighted by Crippen LogP contribution is 2.19. The van der Waals surface area contributed by atoms with Crippen LogP contribution in [-0.2, 0) is 0 Å². The van der Waals surface area contributed by atoms with Crippen molar-refractivity contribution < 1.29 is 13.9 Å². The Morgan fingerprint density at radius 3 is 2.95 bits per heavy atom. The molecule has 0 amide bonds. The number of hydrogen-bond acceptors (Lipinski definition) is 5. The van der Waals surface area contributed by atoms with Gasteiger partial charge in [0.1, 0.15) is 17.6 Å². The summed E-state index contributed by atoms with van der Waals surface area (Å²) in [5.41, 5.74) is 0.669. The first-order chi connectivity index (χ1) is 9.20. The number of benzene rings is 1. The zero-order chi connectivity index (χ0) is 13.4. The van der Waals surface area contributed by atoms with Gasteiger partial charge in [-0.15, -0.1) is 0 Å². The van der Waals surface area contributed by atoms with Crippen LogP contribution in [0.25, 0.3) is 11.1 Å². The van der Waals surface area contributed by atoms with E-state index in [0.29, 0.717) is 11.3 Å². The van der Waals surface area contributed by atoms with Gasteiger partial charge in [0.15, 0.2) is 5.58 Å². The Bertz CT molecular complexity index is 798. The molecule has 3 rings (SSSR count). The molecule has 96 valence electrons. The molecule has 0 bridgehead atoms. The van der Waals surface area contributed by atoms with Gasteiger partial charge in [-0.1, -0.05) is 0 Å². The molecule has 0 unspecified atom stereocenters. The molecule has 0 radical (unpaired) electrons. The Labute approximate surface area is 106 Å². The average molecular weight is 259 g/mol. The number of fused-ring (bicyclic) bond motifs is 1. The highest BCUT2D eigenvalue weighted by Gasteiger charge is 2.17. The van der Waals surface area contributed by atoms with Crippen molar-refractivity contribution in [3.05, 3.63) is 47.5 Å². The van der Waals surface area contributed by atoms with E-state index in [1.807, 2.05) is 0 Å². The Morgan fingerprint density at radius 2 is 2.26 bits per heavy atom. The van der Waals surface area contributed by atoms with Crippen molar-refractivity contribution in [3.63, 3.8) is 0 Å². The van der Waals surface area contributed by atoms with Crippen molar-refractivity contribution >= 4 is 17.1 Å². The molecule has 3 aromatic rings. The standard InChI is InChI=1S/C12H9N3O4/c1-18-8-2-3-9-10(6-8)19-12(17)15(9)11(16)14-5-4-13-7-14/h2-7H,1H3. The van der Waals surface area contributed by atoms with E-state index in [4.69, 9.17) is 9.15 Å². The zero-order valence-electron chi connectivity index (χ0n) is 9.94. The molecular formula is C12H9N3O4. The molecule has 7 heteroatoms. The number of oxazole rings is 1. The van der Waals surface area contributed by atoms with Crippen molar-refractivity contribution in [2.24, 2.45) is 0 Å². The smallest absolute Gasteiger partial charge is 0.428 e. The molecule has 2 heterocycles. The van der Waals surface area contributed by atoms with Crippen LogP contribution in [0.15, 0.2) is 46.1 Å². The average Bonchev–Trinajstić information content (AvgIpc) is 3.03. The quantitative estimate of drug-likeness (QED) is 0.658. The minimum atomic E-state index is -0.748. The fourth-order valence-corrected chi connectivity index (χ4v) is 1.79. The first-order valence-electron chi connectivity index (χ1n) is 5.43. The van der Waals surface area contributed by atoms with E-state index in [0.717, 1.165) is 4.57 Å². The summed E-state index contributed by atoms with van der Waals surface area (Å²) in [4.78, 5) is 27.7. The van der Waals surface area contributed by atoms with E-state index < -0.39 is 11.8 Å². The lowest BCUT2D eigenvalue weighted by atomic mass is 10.3. The summed E-state index contributed by atoms with van der Waals surface area (Å²) in [5.74, 6) is -0.203. The van der Waals surface area contributed by atoms with E-state index in [9.17, 15) is 9.59 Å². The first kappa shape index (κ1) is 11.3. The Morgan fingerprint density at radius 1 is 1.42 bits per heavy atom. The zero-order valence-corrected chi connectivity index (χ0v) is 9.94. The maximum absolute atomic E-state index is 12.2. The number of hydrogen-bond donors (Lipinski definition) is 0. The predicted molar refractivity (Wildman–Crippen MR) is 65.4 cm³/mol. The highest BCUT2D eigenvalue weighted by molar-refractivity contribution is 5.89. The molecule has 0 atom stereocenters. The normalized spacial score (nSPS) is 10.8. The molecule has 1 aromatic carbocycles. The van der Waals surface area contributed by atoms with Crippen molar-refractivity contribution in [2.45, 2.75) is 0 Å². The second-order valence-corrected chi connectivity index (χ2v) is 3.79. The van der Waals surface area contributed by atoms with Crippen molar-refractivity contribution in [1.29, 1.82) is 0 Å². The van der Waals surface area contributed by atoms with Crippen LogP contribution in [0.5, 0.6) is 5.75 Å². The number of methoxy groups -OCH3 is 1. The van der Waals surface area contributed by atoms with Gasteiger partial charge in [-0.3, -0.25) is 4.57 Å². The summed E-state index contributed by atoms with van der Waals surface area (Å²) in [6, 6.07) is 4.24. The van der Waals surface area contributed by atoms with Crippen molar-refractivity contribution in [3.8, 4) is 5.75 Å². The molecular weight excluding hydrogens is 250 g/mol. The van der Waals surface area contributed by atoms with Gasteiger partial charge in [0.2, 0.25) is 0 Å². The van der Waals surface area contributed by atoms with Crippen LogP contribution in [0.2, 0.25) is 0 Å². The number of nitrogens with zero attached hydrogens (tertiary/aromatic N) is 3. The van der Waals surface area contributed by atoms with Gasteiger partial charge in [-0.2, -0.15) is 4.57 Å². The van der Waals surface area contributed by atoms with E-state index in [-0.39, 0.29) is 5.58 Å². The van der Waals surface area contributed by atoms with Gasteiger partial charge in [0.25, 0.3) is 0 Å². The highest BCUT2D eigenvalue weighted by atomic mass is 16.5. The van der Waals surface area contributed by atoms with Crippen molar-refractivity contribution in [2.75, 3.05) is 7.11 Å². The number of imidazole rings is 1. The van der Waals surface area contributed by atoms with E-state index >= 15 is 0 Å². The lowest BCUT2D eigenvalue weighted by molar-refractivity contribution is 0.242. The number of carbonyl (C=O) groups is 1. The van der Waals surface area contributed by atoms with Gasteiger partial charge in [-0.05, 0) is 12.1 Å². The molecule has 0 spiro atoms. The number of aromatic nitrogens is 3. The van der Waals surface area contributed by atoms with Crippen LogP contribution in [-0.4, -0.2) is 27.3 Å². The minimum Gasteiger partial charge on any atom is -0.497 e. The van der Waals surface area contributed by atoms with Crippen LogP contribution < -0.4 is 10.5 Å². The second-order valence-electron chi connectivity index (χ2n) is 3.79. The molecule has 0 aliphatic heterocycles. The molecule has 2 aromatic heterocycles. The maximum Gasteiger partial charge on any atom is 0.428 e. The molecule has 0 fully saturated rings. The maximum atomic E-state index is 12.2. The van der Waals surface area contributed by atoms with Gasteiger partial charge in [0.05, 0.1) is 7.11 Å². The van der Waals surface area contributed by atoms with Gasteiger partial charge in [0, 0.05) is 18.5 Å². The summed E-state index contributed by atoms with van der Waals surface area (Å²) < 4.78 is 12.2. The molecule has 0 aliphatic carbocycles. The predicted octanol–water partition coefficient (Wildman–Crippen LogP) is 1.32. The van der Waals surface area contributed by atoms with Crippen LogP contribution in [0.3, 0.4) is 0 Å². The fraction of sp³-hybridized carbons (Fsp3) is 0.0833. The summed E-state index contributed by atoms with van der Waals surface area (Å²) in [7, 11) is 1.51. The van der Waals surface area contributed by atoms with Gasteiger partial charge in [-0.25, -0.2) is 14.6 Å². The SMILES string of the molecule is COc1ccc2c(c1)oc(=O)n2C(=O)n1ccnc1. The lowest BCUT2D eigenvalue weighted by Crippen LogP contribution is -2.26. The molecule has 19 heavy (non-hydrogen) atoms. The van der Waals surface area contributed by atoms with Gasteiger partial charge < -0.3 is 9.15 Å². The van der Waals surface area contributed by atoms with Gasteiger partial charge >= 0.3 is 11.8 Å². The second kappa shape index (κ2) is 4.13. The fourth-order valence-electron chi connectivity index (χ4n) is 1.79. The first-order valence-corrected chi connectivity index (χ1v) is 5.43. The third-order valence-electron chi connectivity index (χ3n) is 2.70. The molecule has 0 saturated carbocycles. The molecule has 0 N–H and O–H groups in total. The molecule has 7 nitrogen and oxygen atoms in total. The Kier molecular flexibility index (Phi) is 2.45. The topological polar surface area (TPSA) is 79.3 Å². The Balaban J connectivity index is 2.21. The summed E-state index contributed by atoms with van der Waals surface area (Å²) in [6.07, 6.45) is 4.22. The number of carbonyl (C=O) groups excluding carboxylic acids is 1. The minimum absolute atomic E-state index is 0.290. The van der Waals surface area contributed by atoms with E-state index in [1.54, 1.807) is 18.2 Å². The molecule has 0 aliphatic rings. The molecule has 0 saturated heterocycles. The number of rotatable bonds is 1. The Hall–Kier alpha value is -2.83. The van der Waals surface area contributed by atoms with Crippen LogP contribution >= 0.6 is 0 Å². The van der Waals surface area contributed by atoms with Crippen LogP contribution in [0.4, 0.5) is 4.79 Å². The third-order valence-corrected chi connectivity index (χ3v) is 2.70.